The molecule has 5 nitrogen and oxygen atoms in total. The lowest BCUT2D eigenvalue weighted by Gasteiger charge is -2.21. The fourth-order valence-electron chi connectivity index (χ4n) is 2.50. The van der Waals surface area contributed by atoms with E-state index in [1.807, 2.05) is 25.1 Å². The molecule has 1 amide bonds. The molecule has 0 saturated carbocycles. The van der Waals surface area contributed by atoms with Crippen LogP contribution in [0.15, 0.2) is 22.6 Å². The van der Waals surface area contributed by atoms with Crippen molar-refractivity contribution in [1.82, 2.24) is 10.3 Å². The summed E-state index contributed by atoms with van der Waals surface area (Å²) in [4.78, 5) is 18.3. The summed E-state index contributed by atoms with van der Waals surface area (Å²) in [6.45, 7) is 2.74. The lowest BCUT2D eigenvalue weighted by molar-refractivity contribution is -0.119. The van der Waals surface area contributed by atoms with Gasteiger partial charge in [-0.15, -0.1) is 0 Å². The van der Waals surface area contributed by atoms with Crippen LogP contribution in [0.2, 0.25) is 0 Å². The second-order valence-corrected chi connectivity index (χ2v) is 4.93. The van der Waals surface area contributed by atoms with Gasteiger partial charge in [0, 0.05) is 19.7 Å². The first kappa shape index (κ1) is 12.2. The summed E-state index contributed by atoms with van der Waals surface area (Å²) in [5, 5.41) is 3.22. The molecule has 1 fully saturated rings. The standard InChI is InChI=1S/C14H17N3O2/c1-9-16-12-8-10(5-6-13(12)19-9)17(2)14(18)11-4-3-7-15-11/h5-6,8,11,15H,3-4,7H2,1-2H3. The molecule has 0 radical (unpaired) electrons. The normalized spacial score (nSPS) is 18.9. The first-order valence-electron chi connectivity index (χ1n) is 6.53. The Hall–Kier alpha value is -1.88. The van der Waals surface area contributed by atoms with E-state index in [-0.39, 0.29) is 11.9 Å². The van der Waals surface area contributed by atoms with Gasteiger partial charge < -0.3 is 14.6 Å². The zero-order chi connectivity index (χ0) is 13.4. The predicted molar refractivity (Wildman–Crippen MR) is 73.2 cm³/mol. The molecule has 1 aliphatic heterocycles. The lowest BCUT2D eigenvalue weighted by atomic mass is 10.2. The van der Waals surface area contributed by atoms with Crippen LogP contribution < -0.4 is 10.2 Å². The molecule has 1 aromatic heterocycles. The van der Waals surface area contributed by atoms with Crippen molar-refractivity contribution in [3.63, 3.8) is 0 Å². The molecule has 5 heteroatoms. The van der Waals surface area contributed by atoms with Crippen molar-refractivity contribution in [2.75, 3.05) is 18.5 Å². The van der Waals surface area contributed by atoms with Crippen molar-refractivity contribution in [3.8, 4) is 0 Å². The molecule has 3 rings (SSSR count). The highest BCUT2D eigenvalue weighted by molar-refractivity contribution is 5.98. The van der Waals surface area contributed by atoms with Gasteiger partial charge in [-0.05, 0) is 37.6 Å². The Kier molecular flexibility index (Phi) is 2.98. The van der Waals surface area contributed by atoms with Crippen molar-refractivity contribution in [3.05, 3.63) is 24.1 Å². The number of fused-ring (bicyclic) bond motifs is 1. The predicted octanol–water partition coefficient (Wildman–Crippen LogP) is 1.85. The smallest absolute Gasteiger partial charge is 0.243 e. The quantitative estimate of drug-likeness (QED) is 0.894. The van der Waals surface area contributed by atoms with E-state index in [9.17, 15) is 4.79 Å². The second-order valence-electron chi connectivity index (χ2n) is 4.93. The number of hydrogen-bond donors (Lipinski definition) is 1. The summed E-state index contributed by atoms with van der Waals surface area (Å²) in [5.41, 5.74) is 2.38. The monoisotopic (exact) mass is 259 g/mol. The average Bonchev–Trinajstić information content (AvgIpc) is 3.03. The van der Waals surface area contributed by atoms with Crippen LogP contribution in [0.25, 0.3) is 11.1 Å². The lowest BCUT2D eigenvalue weighted by Crippen LogP contribution is -2.41. The number of nitrogens with one attached hydrogen (secondary N) is 1. The number of carbonyl (C=O) groups excluding carboxylic acids is 1. The van der Waals surface area contributed by atoms with Crippen molar-refractivity contribution in [2.45, 2.75) is 25.8 Å². The van der Waals surface area contributed by atoms with Crippen LogP contribution in [-0.2, 0) is 4.79 Å². The average molecular weight is 259 g/mol. The Morgan fingerprint density at radius 1 is 1.53 bits per heavy atom. The third kappa shape index (κ3) is 2.21. The molecule has 1 unspecified atom stereocenters. The van der Waals surface area contributed by atoms with E-state index in [0.717, 1.165) is 36.2 Å². The van der Waals surface area contributed by atoms with Gasteiger partial charge in [0.2, 0.25) is 5.91 Å². The van der Waals surface area contributed by atoms with Gasteiger partial charge in [0.15, 0.2) is 11.5 Å². The number of aromatic nitrogens is 1. The van der Waals surface area contributed by atoms with E-state index in [2.05, 4.69) is 10.3 Å². The van der Waals surface area contributed by atoms with Crippen LogP contribution >= 0.6 is 0 Å². The number of aryl methyl sites for hydroxylation is 1. The molecule has 0 bridgehead atoms. The zero-order valence-electron chi connectivity index (χ0n) is 11.1. The largest absolute Gasteiger partial charge is 0.441 e. The van der Waals surface area contributed by atoms with Crippen molar-refractivity contribution in [2.24, 2.45) is 0 Å². The number of nitrogens with zero attached hydrogens (tertiary/aromatic N) is 2. The molecule has 0 aliphatic carbocycles. The van der Waals surface area contributed by atoms with Crippen LogP contribution in [0, 0.1) is 6.92 Å². The minimum atomic E-state index is -0.0558. The van der Waals surface area contributed by atoms with Gasteiger partial charge in [0.05, 0.1) is 6.04 Å². The summed E-state index contributed by atoms with van der Waals surface area (Å²) in [5.74, 6) is 0.746. The molecule has 100 valence electrons. The van der Waals surface area contributed by atoms with E-state index in [4.69, 9.17) is 4.42 Å². The Balaban J connectivity index is 1.87. The van der Waals surface area contributed by atoms with Crippen LogP contribution in [0.5, 0.6) is 0 Å². The Labute approximate surface area is 111 Å². The summed E-state index contributed by atoms with van der Waals surface area (Å²) in [6.07, 6.45) is 1.97. The molecule has 2 aromatic rings. The number of oxazole rings is 1. The van der Waals surface area contributed by atoms with Crippen LogP contribution in [-0.4, -0.2) is 30.5 Å². The van der Waals surface area contributed by atoms with E-state index in [1.165, 1.54) is 0 Å². The number of rotatable bonds is 2. The molecular formula is C14H17N3O2. The Bertz CT molecular complexity index is 614. The van der Waals surface area contributed by atoms with Gasteiger partial charge in [0.1, 0.15) is 5.52 Å². The summed E-state index contributed by atoms with van der Waals surface area (Å²) in [7, 11) is 1.80. The van der Waals surface area contributed by atoms with Crippen LogP contribution in [0.1, 0.15) is 18.7 Å². The van der Waals surface area contributed by atoms with Gasteiger partial charge in [0.25, 0.3) is 0 Å². The number of amides is 1. The topological polar surface area (TPSA) is 58.4 Å². The second kappa shape index (κ2) is 4.66. The first-order valence-corrected chi connectivity index (χ1v) is 6.53. The van der Waals surface area contributed by atoms with E-state index >= 15 is 0 Å². The number of likely N-dealkylation sites (N-methyl/N-ethyl adjacent to an activating group) is 1. The number of anilines is 1. The molecule has 19 heavy (non-hydrogen) atoms. The maximum absolute atomic E-state index is 12.3. The molecule has 0 spiro atoms. The molecular weight excluding hydrogens is 242 g/mol. The fraction of sp³-hybridized carbons (Fsp3) is 0.429. The summed E-state index contributed by atoms with van der Waals surface area (Å²) >= 11 is 0. The highest BCUT2D eigenvalue weighted by Crippen LogP contribution is 2.23. The Morgan fingerprint density at radius 3 is 3.11 bits per heavy atom. The van der Waals surface area contributed by atoms with Gasteiger partial charge >= 0.3 is 0 Å². The molecule has 1 N–H and O–H groups in total. The SMILES string of the molecule is Cc1nc2cc(N(C)C(=O)C3CCCN3)ccc2o1. The van der Waals surface area contributed by atoms with Gasteiger partial charge in [-0.3, -0.25) is 4.79 Å². The number of carbonyl (C=O) groups is 1. The first-order chi connectivity index (χ1) is 9.15. The molecule has 1 atom stereocenters. The van der Waals surface area contributed by atoms with Crippen LogP contribution in [0.3, 0.4) is 0 Å². The van der Waals surface area contributed by atoms with Crippen molar-refractivity contribution < 1.29 is 9.21 Å². The minimum Gasteiger partial charge on any atom is -0.441 e. The van der Waals surface area contributed by atoms with E-state index in [0.29, 0.717) is 5.89 Å². The maximum atomic E-state index is 12.3. The van der Waals surface area contributed by atoms with Gasteiger partial charge in [-0.1, -0.05) is 0 Å². The third-order valence-corrected chi connectivity index (χ3v) is 3.55. The van der Waals surface area contributed by atoms with Crippen LogP contribution in [0.4, 0.5) is 5.69 Å². The minimum absolute atomic E-state index is 0.0558. The van der Waals surface area contributed by atoms with E-state index < -0.39 is 0 Å². The van der Waals surface area contributed by atoms with Crippen molar-refractivity contribution in [1.29, 1.82) is 0 Å². The third-order valence-electron chi connectivity index (χ3n) is 3.55. The van der Waals surface area contributed by atoms with Gasteiger partial charge in [-0.2, -0.15) is 0 Å². The fourth-order valence-corrected chi connectivity index (χ4v) is 2.50. The number of hydrogen-bond acceptors (Lipinski definition) is 4. The summed E-state index contributed by atoms with van der Waals surface area (Å²) in [6, 6.07) is 5.58. The molecule has 1 aliphatic rings. The van der Waals surface area contributed by atoms with Gasteiger partial charge in [-0.25, -0.2) is 4.98 Å². The zero-order valence-corrected chi connectivity index (χ0v) is 11.1. The Morgan fingerprint density at radius 2 is 2.37 bits per heavy atom. The maximum Gasteiger partial charge on any atom is 0.243 e. The molecule has 1 aromatic carbocycles. The molecule has 2 heterocycles. The summed E-state index contributed by atoms with van der Waals surface area (Å²) < 4.78 is 5.44. The number of benzene rings is 1. The molecule has 1 saturated heterocycles. The van der Waals surface area contributed by atoms with Crippen molar-refractivity contribution >= 4 is 22.7 Å². The van der Waals surface area contributed by atoms with E-state index in [1.54, 1.807) is 11.9 Å². The highest BCUT2D eigenvalue weighted by atomic mass is 16.3. The highest BCUT2D eigenvalue weighted by Gasteiger charge is 2.25.